The van der Waals surface area contributed by atoms with Gasteiger partial charge in [0.1, 0.15) is 5.75 Å². The van der Waals surface area contributed by atoms with Crippen LogP contribution in [0.4, 0.5) is 13.2 Å². The van der Waals surface area contributed by atoms with Crippen LogP contribution in [-0.2, 0) is 11.0 Å². The summed E-state index contributed by atoms with van der Waals surface area (Å²) in [6.45, 7) is 5.58. The lowest BCUT2D eigenvalue weighted by atomic mass is 9.77. The summed E-state index contributed by atoms with van der Waals surface area (Å²) >= 11 is 6.31. The average Bonchev–Trinajstić information content (AvgIpc) is 2.90. The molecule has 0 bridgehead atoms. The van der Waals surface area contributed by atoms with Crippen molar-refractivity contribution in [1.82, 2.24) is 9.80 Å². The van der Waals surface area contributed by atoms with Crippen molar-refractivity contribution < 1.29 is 32.6 Å². The largest absolute Gasteiger partial charge is 0.493 e. The molecule has 0 spiro atoms. The zero-order chi connectivity index (χ0) is 28.4. The van der Waals surface area contributed by atoms with Crippen LogP contribution in [0.3, 0.4) is 0 Å². The number of carbonyl (C=O) groups excluding carboxylic acids is 2. The Bertz CT molecular complexity index is 1170. The second kappa shape index (κ2) is 11.8. The number of aliphatic hydroxyl groups excluding tert-OH is 1. The fourth-order valence-corrected chi connectivity index (χ4v) is 5.56. The van der Waals surface area contributed by atoms with Gasteiger partial charge in [0.2, 0.25) is 5.91 Å². The van der Waals surface area contributed by atoms with E-state index in [2.05, 4.69) is 0 Å². The van der Waals surface area contributed by atoms with Crippen molar-refractivity contribution in [3.05, 3.63) is 63.7 Å². The Morgan fingerprint density at radius 1 is 1.05 bits per heavy atom. The van der Waals surface area contributed by atoms with Crippen LogP contribution >= 0.6 is 11.6 Å². The van der Waals surface area contributed by atoms with E-state index in [-0.39, 0.29) is 37.0 Å². The van der Waals surface area contributed by atoms with E-state index < -0.39 is 23.3 Å². The molecule has 6 nitrogen and oxygen atoms in total. The third-order valence-electron chi connectivity index (χ3n) is 7.71. The van der Waals surface area contributed by atoms with Gasteiger partial charge in [0.25, 0.3) is 5.91 Å². The van der Waals surface area contributed by atoms with Crippen LogP contribution in [0.25, 0.3) is 0 Å². The molecule has 2 saturated heterocycles. The van der Waals surface area contributed by atoms with E-state index in [0.29, 0.717) is 56.1 Å². The van der Waals surface area contributed by atoms with E-state index >= 15 is 0 Å². The van der Waals surface area contributed by atoms with Crippen LogP contribution in [0, 0.1) is 19.3 Å². The Hall–Kier alpha value is -2.78. The fraction of sp³-hybridized carbons (Fsp3) is 0.517. The molecule has 10 heteroatoms. The minimum absolute atomic E-state index is 0.0576. The molecule has 1 N–H and O–H groups in total. The van der Waals surface area contributed by atoms with Crippen molar-refractivity contribution in [2.24, 2.45) is 5.41 Å². The number of amides is 2. The molecule has 39 heavy (non-hydrogen) atoms. The summed E-state index contributed by atoms with van der Waals surface area (Å²) in [6.07, 6.45) is -2.41. The second-order valence-electron chi connectivity index (χ2n) is 10.9. The van der Waals surface area contributed by atoms with E-state index in [0.717, 1.165) is 23.3 Å². The van der Waals surface area contributed by atoms with Gasteiger partial charge in [0.15, 0.2) is 0 Å². The van der Waals surface area contributed by atoms with Crippen molar-refractivity contribution in [3.8, 4) is 5.75 Å². The smallest absolute Gasteiger partial charge is 0.416 e. The van der Waals surface area contributed by atoms with Crippen molar-refractivity contribution in [2.45, 2.75) is 58.2 Å². The molecule has 1 atom stereocenters. The number of aliphatic hydroxyl groups is 1. The molecule has 0 aliphatic carbocycles. The lowest BCUT2D eigenvalue weighted by Gasteiger charge is -2.43. The quantitative estimate of drug-likeness (QED) is 0.490. The summed E-state index contributed by atoms with van der Waals surface area (Å²) < 4.78 is 45.2. The number of halogens is 4. The number of hydrogen-bond donors (Lipinski definition) is 1. The normalized spacial score (nSPS) is 20.7. The van der Waals surface area contributed by atoms with Gasteiger partial charge in [-0.1, -0.05) is 11.6 Å². The summed E-state index contributed by atoms with van der Waals surface area (Å²) in [5.41, 5.74) is 0.401. The molecule has 2 heterocycles. The topological polar surface area (TPSA) is 70.1 Å². The van der Waals surface area contributed by atoms with E-state index in [4.69, 9.17) is 16.3 Å². The highest BCUT2D eigenvalue weighted by atomic mass is 35.5. The Morgan fingerprint density at radius 3 is 2.26 bits per heavy atom. The summed E-state index contributed by atoms with van der Waals surface area (Å²) in [7, 11) is 0. The number of aryl methyl sites for hydroxylation is 2. The van der Waals surface area contributed by atoms with Gasteiger partial charge >= 0.3 is 6.18 Å². The third kappa shape index (κ3) is 7.06. The number of benzene rings is 2. The molecule has 4 rings (SSSR count). The first-order valence-electron chi connectivity index (χ1n) is 13.2. The van der Waals surface area contributed by atoms with E-state index in [1.165, 1.54) is 12.1 Å². The number of alkyl halides is 3. The molecule has 2 aliphatic rings. The maximum Gasteiger partial charge on any atom is 0.416 e. The van der Waals surface area contributed by atoms with Gasteiger partial charge in [0, 0.05) is 48.6 Å². The average molecular weight is 567 g/mol. The maximum absolute atomic E-state index is 13.4. The van der Waals surface area contributed by atoms with Gasteiger partial charge in [-0.15, -0.1) is 0 Å². The number of ether oxygens (including phenoxy) is 1. The summed E-state index contributed by atoms with van der Waals surface area (Å²) in [5.74, 6) is 0.186. The minimum atomic E-state index is -4.48. The zero-order valence-corrected chi connectivity index (χ0v) is 22.9. The standard InChI is InChI=1S/C29H34ClF3N2O4/c1-19-14-24(15-20(2)26(19)30)39-18-28(16-25(37)34-12-8-23(36)9-13-34)10-3-11-35(17-28)27(38)21-4-6-22(7-5-21)29(31,32)33/h4-7,14-15,23,36H,3,8-13,16-18H2,1-2H3. The van der Waals surface area contributed by atoms with Crippen molar-refractivity contribution >= 4 is 23.4 Å². The molecule has 2 aromatic rings. The third-order valence-corrected chi connectivity index (χ3v) is 8.30. The van der Waals surface area contributed by atoms with Crippen LogP contribution in [0.15, 0.2) is 36.4 Å². The predicted octanol–water partition coefficient (Wildman–Crippen LogP) is 5.65. The van der Waals surface area contributed by atoms with E-state index in [9.17, 15) is 27.9 Å². The number of rotatable bonds is 6. The molecule has 0 radical (unpaired) electrons. The molecule has 212 valence electrons. The molecule has 0 saturated carbocycles. The molecule has 2 aromatic carbocycles. The molecule has 2 fully saturated rings. The van der Waals surface area contributed by atoms with Crippen molar-refractivity contribution in [1.29, 1.82) is 0 Å². The first-order chi connectivity index (χ1) is 18.4. The Kier molecular flexibility index (Phi) is 8.81. The molecular formula is C29H34ClF3N2O4. The van der Waals surface area contributed by atoms with Gasteiger partial charge in [-0.2, -0.15) is 13.2 Å². The predicted molar refractivity (Wildman–Crippen MR) is 142 cm³/mol. The number of nitrogens with zero attached hydrogens (tertiary/aromatic N) is 2. The van der Waals surface area contributed by atoms with Crippen molar-refractivity contribution in [2.75, 3.05) is 32.8 Å². The van der Waals surface area contributed by atoms with Crippen LogP contribution < -0.4 is 4.74 Å². The SMILES string of the molecule is Cc1cc(OCC2(CC(=O)N3CCC(O)CC3)CCCN(C(=O)c3ccc(C(F)(F)F)cc3)C2)cc(C)c1Cl. The van der Waals surface area contributed by atoms with E-state index in [1.807, 2.05) is 26.0 Å². The Balaban J connectivity index is 1.55. The molecule has 2 amide bonds. The molecule has 1 unspecified atom stereocenters. The Labute approximate surface area is 231 Å². The highest BCUT2D eigenvalue weighted by molar-refractivity contribution is 6.32. The number of likely N-dealkylation sites (tertiary alicyclic amines) is 2. The van der Waals surface area contributed by atoms with E-state index in [1.54, 1.807) is 9.80 Å². The van der Waals surface area contributed by atoms with Crippen LogP contribution in [-0.4, -0.2) is 65.6 Å². The number of piperidine rings is 2. The summed E-state index contributed by atoms with van der Waals surface area (Å²) in [6, 6.07) is 7.89. The Morgan fingerprint density at radius 2 is 1.67 bits per heavy atom. The second-order valence-corrected chi connectivity index (χ2v) is 11.2. The number of carbonyl (C=O) groups is 2. The highest BCUT2D eigenvalue weighted by Crippen LogP contribution is 2.37. The van der Waals surface area contributed by atoms with Crippen molar-refractivity contribution in [3.63, 3.8) is 0 Å². The van der Waals surface area contributed by atoms with Gasteiger partial charge in [-0.05, 0) is 87.1 Å². The molecule has 2 aliphatic heterocycles. The first kappa shape index (κ1) is 29.2. The summed E-state index contributed by atoms with van der Waals surface area (Å²) in [4.78, 5) is 30.1. The van der Waals surface area contributed by atoms with Crippen LogP contribution in [0.5, 0.6) is 5.75 Å². The molecule has 0 aromatic heterocycles. The fourth-order valence-electron chi connectivity index (χ4n) is 5.45. The molecular weight excluding hydrogens is 533 g/mol. The van der Waals surface area contributed by atoms with Gasteiger partial charge in [-0.25, -0.2) is 0 Å². The van der Waals surface area contributed by atoms with Gasteiger partial charge in [-0.3, -0.25) is 9.59 Å². The zero-order valence-electron chi connectivity index (χ0n) is 22.2. The van der Waals surface area contributed by atoms with Crippen LogP contribution in [0.2, 0.25) is 5.02 Å². The summed E-state index contributed by atoms with van der Waals surface area (Å²) in [5, 5.41) is 10.5. The minimum Gasteiger partial charge on any atom is -0.493 e. The van der Waals surface area contributed by atoms with Crippen LogP contribution in [0.1, 0.15) is 59.2 Å². The lowest BCUT2D eigenvalue weighted by Crippen LogP contribution is -2.51. The monoisotopic (exact) mass is 566 g/mol. The van der Waals surface area contributed by atoms with Gasteiger partial charge in [0.05, 0.1) is 18.3 Å². The maximum atomic E-state index is 13.4. The lowest BCUT2D eigenvalue weighted by molar-refractivity contribution is -0.138. The first-order valence-corrected chi connectivity index (χ1v) is 13.6. The number of hydrogen-bond acceptors (Lipinski definition) is 4. The highest BCUT2D eigenvalue weighted by Gasteiger charge is 2.41. The van der Waals surface area contributed by atoms with Gasteiger partial charge < -0.3 is 19.6 Å².